The van der Waals surface area contributed by atoms with Crippen LogP contribution in [0.1, 0.15) is 0 Å². The maximum atomic E-state index is 11.8. The molecule has 0 radical (unpaired) electrons. The lowest BCUT2D eigenvalue weighted by Crippen LogP contribution is -2.17. The molecule has 0 unspecified atom stereocenters. The summed E-state index contributed by atoms with van der Waals surface area (Å²) in [5.74, 6) is -0.306. The molecule has 0 fully saturated rings. The van der Waals surface area contributed by atoms with Crippen molar-refractivity contribution in [1.82, 2.24) is 0 Å². The average molecular weight is 273 g/mol. The molecule has 0 aliphatic heterocycles. The van der Waals surface area contributed by atoms with Gasteiger partial charge in [0.05, 0.1) is 0 Å². The van der Waals surface area contributed by atoms with Gasteiger partial charge >= 0.3 is 6.36 Å². The predicted molar refractivity (Wildman–Crippen MR) is 48.1 cm³/mol. The Labute approximate surface area is 86.4 Å². The van der Waals surface area contributed by atoms with Crippen LogP contribution in [0.2, 0.25) is 0 Å². The van der Waals surface area contributed by atoms with Gasteiger partial charge in [0.25, 0.3) is 0 Å². The topological polar surface area (TPSA) is 9.23 Å². The van der Waals surface area contributed by atoms with Crippen molar-refractivity contribution >= 4 is 28.6 Å². The fraction of sp³-hybridized carbons (Fsp3) is 0.143. The summed E-state index contributed by atoms with van der Waals surface area (Å²) in [6, 6.07) is 4.06. The number of halogens is 4. The number of benzene rings is 1. The number of thiol groups is 1. The van der Waals surface area contributed by atoms with Crippen molar-refractivity contribution in [1.29, 1.82) is 0 Å². The van der Waals surface area contributed by atoms with Gasteiger partial charge in [0, 0.05) is 9.37 Å². The molecule has 1 aromatic carbocycles. The smallest absolute Gasteiger partial charge is 0.405 e. The third-order valence-corrected chi connectivity index (χ3v) is 1.99. The summed E-state index contributed by atoms with van der Waals surface area (Å²) < 4.78 is 39.6. The molecule has 0 aliphatic rings. The van der Waals surface area contributed by atoms with E-state index in [2.05, 4.69) is 33.3 Å². The van der Waals surface area contributed by atoms with E-state index in [1.165, 1.54) is 18.2 Å². The summed E-state index contributed by atoms with van der Waals surface area (Å²) in [7, 11) is 0. The van der Waals surface area contributed by atoms with Gasteiger partial charge in [-0.15, -0.1) is 25.8 Å². The Morgan fingerprint density at radius 2 is 1.92 bits per heavy atom. The van der Waals surface area contributed by atoms with Gasteiger partial charge in [-0.05, 0) is 18.2 Å². The van der Waals surface area contributed by atoms with E-state index in [9.17, 15) is 13.2 Å². The second-order valence-corrected chi connectivity index (χ2v) is 3.56. The van der Waals surface area contributed by atoms with Crippen LogP contribution in [0.3, 0.4) is 0 Å². The molecule has 13 heavy (non-hydrogen) atoms. The Hall–Kier alpha value is -0.360. The largest absolute Gasteiger partial charge is 0.573 e. The van der Waals surface area contributed by atoms with E-state index < -0.39 is 6.36 Å². The quantitative estimate of drug-likeness (QED) is 0.768. The lowest BCUT2D eigenvalue weighted by molar-refractivity contribution is -0.275. The first kappa shape index (κ1) is 10.7. The van der Waals surface area contributed by atoms with Crippen LogP contribution in [0.4, 0.5) is 13.2 Å². The standard InChI is InChI=1S/C7H4BrF3OS/c8-4-1-2-5(6(13)3-4)12-7(9,10)11/h1-3,13H. The molecule has 0 amide bonds. The zero-order chi connectivity index (χ0) is 10.1. The van der Waals surface area contributed by atoms with Gasteiger partial charge in [0.2, 0.25) is 0 Å². The number of rotatable bonds is 1. The molecule has 1 nitrogen and oxygen atoms in total. The first-order valence-electron chi connectivity index (χ1n) is 3.13. The van der Waals surface area contributed by atoms with E-state index in [0.717, 1.165) is 0 Å². The van der Waals surface area contributed by atoms with E-state index in [-0.39, 0.29) is 10.6 Å². The maximum absolute atomic E-state index is 11.8. The van der Waals surface area contributed by atoms with Crippen LogP contribution in [0.5, 0.6) is 5.75 Å². The van der Waals surface area contributed by atoms with Crippen LogP contribution >= 0.6 is 28.6 Å². The molecule has 0 aliphatic carbocycles. The van der Waals surface area contributed by atoms with Gasteiger partial charge < -0.3 is 4.74 Å². The average Bonchev–Trinajstić information content (AvgIpc) is 1.93. The minimum Gasteiger partial charge on any atom is -0.405 e. The summed E-state index contributed by atoms with van der Waals surface area (Å²) >= 11 is 6.91. The van der Waals surface area contributed by atoms with Crippen molar-refractivity contribution in [3.8, 4) is 5.75 Å². The molecule has 0 atom stereocenters. The summed E-state index contributed by atoms with van der Waals surface area (Å²) in [5.41, 5.74) is 0. The van der Waals surface area contributed by atoms with E-state index >= 15 is 0 Å². The Morgan fingerprint density at radius 1 is 1.31 bits per heavy atom. The van der Waals surface area contributed by atoms with Gasteiger partial charge in [-0.3, -0.25) is 0 Å². The molecule has 1 aromatic rings. The minimum absolute atomic E-state index is 0.131. The molecule has 0 saturated heterocycles. The molecule has 0 spiro atoms. The third-order valence-electron chi connectivity index (χ3n) is 1.15. The van der Waals surface area contributed by atoms with Crippen molar-refractivity contribution in [2.75, 3.05) is 0 Å². The Bertz CT molecular complexity index is 313. The highest BCUT2D eigenvalue weighted by molar-refractivity contribution is 9.10. The highest BCUT2D eigenvalue weighted by Crippen LogP contribution is 2.30. The Balaban J connectivity index is 2.90. The summed E-state index contributed by atoms with van der Waals surface area (Å²) in [4.78, 5) is 0.131. The Morgan fingerprint density at radius 3 is 2.38 bits per heavy atom. The molecule has 6 heteroatoms. The van der Waals surface area contributed by atoms with Crippen LogP contribution in [0.15, 0.2) is 27.6 Å². The Kier molecular flexibility index (Phi) is 3.13. The van der Waals surface area contributed by atoms with E-state index in [4.69, 9.17) is 0 Å². The molecule has 0 aromatic heterocycles. The molecular weight excluding hydrogens is 269 g/mol. The van der Waals surface area contributed by atoms with E-state index in [1.807, 2.05) is 0 Å². The lowest BCUT2D eigenvalue weighted by atomic mass is 10.3. The molecular formula is C7H4BrF3OS. The van der Waals surface area contributed by atoms with Crippen molar-refractivity contribution in [3.63, 3.8) is 0 Å². The van der Waals surface area contributed by atoms with Crippen LogP contribution in [-0.2, 0) is 0 Å². The molecule has 0 heterocycles. The van der Waals surface area contributed by atoms with Gasteiger partial charge in [-0.25, -0.2) is 0 Å². The SMILES string of the molecule is FC(F)(F)Oc1ccc(Br)cc1S. The first-order chi connectivity index (χ1) is 5.88. The molecule has 72 valence electrons. The van der Waals surface area contributed by atoms with Crippen molar-refractivity contribution in [3.05, 3.63) is 22.7 Å². The fourth-order valence-corrected chi connectivity index (χ4v) is 1.50. The van der Waals surface area contributed by atoms with Crippen LogP contribution in [-0.4, -0.2) is 6.36 Å². The third kappa shape index (κ3) is 3.48. The molecule has 0 saturated carbocycles. The highest BCUT2D eigenvalue weighted by atomic mass is 79.9. The number of alkyl halides is 3. The van der Waals surface area contributed by atoms with Crippen molar-refractivity contribution < 1.29 is 17.9 Å². The zero-order valence-corrected chi connectivity index (χ0v) is 8.58. The fourth-order valence-electron chi connectivity index (χ4n) is 0.702. The predicted octanol–water partition coefficient (Wildman–Crippen LogP) is 3.64. The monoisotopic (exact) mass is 272 g/mol. The summed E-state index contributed by atoms with van der Waals surface area (Å²) in [6.45, 7) is 0. The van der Waals surface area contributed by atoms with Gasteiger partial charge in [-0.1, -0.05) is 15.9 Å². The van der Waals surface area contributed by atoms with Crippen molar-refractivity contribution in [2.45, 2.75) is 11.3 Å². The lowest BCUT2D eigenvalue weighted by Gasteiger charge is -2.10. The van der Waals surface area contributed by atoms with Gasteiger partial charge in [-0.2, -0.15) is 0 Å². The summed E-state index contributed by atoms with van der Waals surface area (Å²) in [5, 5.41) is 0. The van der Waals surface area contributed by atoms with Gasteiger partial charge in [0.15, 0.2) is 0 Å². The first-order valence-corrected chi connectivity index (χ1v) is 4.37. The maximum Gasteiger partial charge on any atom is 0.573 e. The normalized spacial score (nSPS) is 11.5. The van der Waals surface area contributed by atoms with E-state index in [1.54, 1.807) is 0 Å². The van der Waals surface area contributed by atoms with Crippen LogP contribution in [0.25, 0.3) is 0 Å². The molecule has 1 rings (SSSR count). The number of hydrogen-bond donors (Lipinski definition) is 1. The van der Waals surface area contributed by atoms with E-state index in [0.29, 0.717) is 4.47 Å². The molecule has 0 bridgehead atoms. The second-order valence-electron chi connectivity index (χ2n) is 2.16. The molecule has 0 N–H and O–H groups in total. The van der Waals surface area contributed by atoms with Crippen LogP contribution < -0.4 is 4.74 Å². The number of hydrogen-bond acceptors (Lipinski definition) is 2. The van der Waals surface area contributed by atoms with Gasteiger partial charge in [0.1, 0.15) is 5.75 Å². The summed E-state index contributed by atoms with van der Waals surface area (Å²) in [6.07, 6.45) is -4.68. The van der Waals surface area contributed by atoms with Crippen LogP contribution in [0, 0.1) is 0 Å². The highest BCUT2D eigenvalue weighted by Gasteiger charge is 2.31. The zero-order valence-electron chi connectivity index (χ0n) is 6.10. The second kappa shape index (κ2) is 3.79. The van der Waals surface area contributed by atoms with Crippen molar-refractivity contribution in [2.24, 2.45) is 0 Å². The number of ether oxygens (including phenoxy) is 1. The minimum atomic E-state index is -4.68.